The third-order valence-corrected chi connectivity index (χ3v) is 8.33. The molecule has 1 spiro atoms. The van der Waals surface area contributed by atoms with Gasteiger partial charge in [0.2, 0.25) is 5.91 Å². The zero-order valence-corrected chi connectivity index (χ0v) is 20.0. The lowest BCUT2D eigenvalue weighted by Gasteiger charge is -2.53. The van der Waals surface area contributed by atoms with Crippen LogP contribution in [0, 0.1) is 11.8 Å². The van der Waals surface area contributed by atoms with Crippen LogP contribution in [0.4, 0.5) is 10.5 Å². The van der Waals surface area contributed by atoms with Crippen molar-refractivity contribution in [1.82, 2.24) is 10.2 Å². The van der Waals surface area contributed by atoms with Crippen LogP contribution < -0.4 is 15.4 Å². The molecule has 2 N–H and O–H groups in total. The van der Waals surface area contributed by atoms with Crippen LogP contribution in [0.2, 0.25) is 0 Å². The number of carbonyl (C=O) groups excluding carboxylic acids is 2. The fraction of sp³-hybridized carbons (Fsp3) is 0.500. The summed E-state index contributed by atoms with van der Waals surface area (Å²) in [6.45, 7) is 0.889. The van der Waals surface area contributed by atoms with E-state index in [9.17, 15) is 9.59 Å². The number of urea groups is 1. The molecule has 3 amide bonds. The molecule has 5 rings (SSSR count). The van der Waals surface area contributed by atoms with E-state index in [1.807, 2.05) is 30.3 Å². The van der Waals surface area contributed by atoms with E-state index in [1.54, 1.807) is 7.11 Å². The smallest absolute Gasteiger partial charge is 0.319 e. The van der Waals surface area contributed by atoms with Crippen molar-refractivity contribution in [2.45, 2.75) is 62.9 Å². The zero-order valence-electron chi connectivity index (χ0n) is 20.0. The number of nitrogens with one attached hydrogen (secondary N) is 2. The number of methoxy groups -OCH3 is 1. The van der Waals surface area contributed by atoms with Crippen LogP contribution in [-0.2, 0) is 11.2 Å². The predicted octanol–water partition coefficient (Wildman–Crippen LogP) is 5.00. The Hall–Kier alpha value is -3.02. The first-order chi connectivity index (χ1) is 16.6. The second-order valence-corrected chi connectivity index (χ2v) is 10.0. The Morgan fingerprint density at radius 3 is 2.68 bits per heavy atom. The second kappa shape index (κ2) is 9.69. The summed E-state index contributed by atoms with van der Waals surface area (Å²) >= 11 is 0. The van der Waals surface area contributed by atoms with E-state index in [-0.39, 0.29) is 23.5 Å². The monoisotopic (exact) mass is 461 g/mol. The summed E-state index contributed by atoms with van der Waals surface area (Å²) in [6, 6.07) is 17.9. The molecule has 180 valence electrons. The molecule has 2 heterocycles. The summed E-state index contributed by atoms with van der Waals surface area (Å²) in [5.41, 5.74) is 1.92. The van der Waals surface area contributed by atoms with Gasteiger partial charge in [0.15, 0.2) is 0 Å². The number of nitrogens with zero attached hydrogens (tertiary/aromatic N) is 1. The van der Waals surface area contributed by atoms with Crippen molar-refractivity contribution < 1.29 is 14.3 Å². The lowest BCUT2D eigenvalue weighted by Crippen LogP contribution is -2.61. The van der Waals surface area contributed by atoms with Crippen LogP contribution in [0.25, 0.3) is 0 Å². The third-order valence-electron chi connectivity index (χ3n) is 8.33. The third kappa shape index (κ3) is 4.26. The average Bonchev–Trinajstić information content (AvgIpc) is 3.22. The molecule has 2 aliphatic heterocycles. The van der Waals surface area contributed by atoms with E-state index in [1.165, 1.54) is 5.56 Å². The SMILES string of the molecule is COc1ccccc1NC(=O)N[C@H]1CC[C@@]23CCCN2C(=O)CCC[C@H]3C1Cc1ccccc1. The maximum Gasteiger partial charge on any atom is 0.319 e. The van der Waals surface area contributed by atoms with Crippen molar-refractivity contribution in [3.8, 4) is 5.75 Å². The standard InChI is InChI=1S/C28H35N3O3/c1-34-25-13-6-5-12-24(25)30-27(33)29-23-15-17-28-16-8-18-31(28)26(32)14-7-11-22(28)21(23)19-20-9-3-2-4-10-20/h2-6,9-10,12-13,21-23H,7-8,11,14-19H2,1H3,(H2,29,30,33)/t21?,22-,23-,28+/m0/s1. The molecular formula is C28H35N3O3. The summed E-state index contributed by atoms with van der Waals surface area (Å²) in [5, 5.41) is 6.31. The Morgan fingerprint density at radius 1 is 1.06 bits per heavy atom. The van der Waals surface area contributed by atoms with Crippen LogP contribution in [0.5, 0.6) is 5.75 Å². The predicted molar refractivity (Wildman–Crippen MR) is 133 cm³/mol. The Kier molecular flexibility index (Phi) is 6.48. The van der Waals surface area contributed by atoms with Crippen molar-refractivity contribution in [2.75, 3.05) is 19.0 Å². The van der Waals surface area contributed by atoms with E-state index in [2.05, 4.69) is 39.8 Å². The maximum atomic E-state index is 13.1. The van der Waals surface area contributed by atoms with E-state index in [0.29, 0.717) is 29.7 Å². The molecule has 2 aromatic rings. The van der Waals surface area contributed by atoms with Crippen molar-refractivity contribution in [2.24, 2.45) is 11.8 Å². The molecule has 2 aromatic carbocycles. The number of para-hydroxylation sites is 2. The highest BCUT2D eigenvalue weighted by Crippen LogP contribution is 2.52. The highest BCUT2D eigenvalue weighted by atomic mass is 16.5. The number of carbonyl (C=O) groups is 2. The summed E-state index contributed by atoms with van der Waals surface area (Å²) in [6.07, 6.45) is 7.59. The summed E-state index contributed by atoms with van der Waals surface area (Å²) in [4.78, 5) is 28.3. The second-order valence-electron chi connectivity index (χ2n) is 10.0. The fourth-order valence-electron chi connectivity index (χ4n) is 6.92. The Morgan fingerprint density at radius 2 is 1.85 bits per heavy atom. The molecule has 0 bridgehead atoms. The minimum Gasteiger partial charge on any atom is -0.495 e. The quantitative estimate of drug-likeness (QED) is 0.658. The first kappa shape index (κ1) is 22.8. The van der Waals surface area contributed by atoms with Crippen molar-refractivity contribution in [3.63, 3.8) is 0 Å². The van der Waals surface area contributed by atoms with Crippen molar-refractivity contribution in [3.05, 3.63) is 60.2 Å². The average molecular weight is 462 g/mol. The highest BCUT2D eigenvalue weighted by Gasteiger charge is 2.56. The van der Waals surface area contributed by atoms with Gasteiger partial charge in [-0.2, -0.15) is 0 Å². The van der Waals surface area contributed by atoms with Gasteiger partial charge in [0, 0.05) is 24.5 Å². The van der Waals surface area contributed by atoms with Crippen LogP contribution in [0.3, 0.4) is 0 Å². The van der Waals surface area contributed by atoms with Crippen LogP contribution in [-0.4, -0.2) is 42.1 Å². The van der Waals surface area contributed by atoms with Gasteiger partial charge < -0.3 is 20.3 Å². The van der Waals surface area contributed by atoms with E-state index in [0.717, 1.165) is 51.5 Å². The van der Waals surface area contributed by atoms with E-state index in [4.69, 9.17) is 4.74 Å². The first-order valence-corrected chi connectivity index (χ1v) is 12.7. The Bertz CT molecular complexity index is 1030. The number of hydrogen-bond acceptors (Lipinski definition) is 3. The van der Waals surface area contributed by atoms with Gasteiger partial charge in [-0.05, 0) is 74.5 Å². The van der Waals surface area contributed by atoms with Gasteiger partial charge in [-0.3, -0.25) is 4.79 Å². The Balaban J connectivity index is 1.41. The lowest BCUT2D eigenvalue weighted by atomic mass is 9.61. The van der Waals surface area contributed by atoms with Gasteiger partial charge in [0.1, 0.15) is 5.75 Å². The number of hydrogen-bond donors (Lipinski definition) is 2. The van der Waals surface area contributed by atoms with Crippen molar-refractivity contribution in [1.29, 1.82) is 0 Å². The van der Waals surface area contributed by atoms with Crippen LogP contribution in [0.15, 0.2) is 54.6 Å². The van der Waals surface area contributed by atoms with Gasteiger partial charge in [-0.25, -0.2) is 4.79 Å². The van der Waals surface area contributed by atoms with Gasteiger partial charge in [-0.15, -0.1) is 0 Å². The number of ether oxygens (including phenoxy) is 1. The molecule has 6 nitrogen and oxygen atoms in total. The van der Waals surface area contributed by atoms with Gasteiger partial charge in [0.25, 0.3) is 0 Å². The number of benzene rings is 2. The maximum absolute atomic E-state index is 13.1. The van der Waals surface area contributed by atoms with Gasteiger partial charge in [-0.1, -0.05) is 42.5 Å². The molecular weight excluding hydrogens is 426 g/mol. The summed E-state index contributed by atoms with van der Waals surface area (Å²) in [5.74, 6) is 1.65. The number of amides is 3. The van der Waals surface area contributed by atoms with Crippen molar-refractivity contribution >= 4 is 17.6 Å². The van der Waals surface area contributed by atoms with Crippen LogP contribution in [0.1, 0.15) is 50.5 Å². The minimum atomic E-state index is -0.198. The summed E-state index contributed by atoms with van der Waals surface area (Å²) in [7, 11) is 1.61. The zero-order chi connectivity index (χ0) is 23.5. The number of rotatable bonds is 5. The molecule has 1 unspecified atom stereocenters. The summed E-state index contributed by atoms with van der Waals surface area (Å²) < 4.78 is 5.40. The van der Waals surface area contributed by atoms with E-state index >= 15 is 0 Å². The molecule has 2 saturated heterocycles. The first-order valence-electron chi connectivity index (χ1n) is 12.7. The molecule has 0 radical (unpaired) electrons. The Labute approximate surface area is 202 Å². The van der Waals surface area contributed by atoms with E-state index < -0.39 is 0 Å². The molecule has 3 aliphatic rings. The number of anilines is 1. The van der Waals surface area contributed by atoms with Gasteiger partial charge >= 0.3 is 6.03 Å². The van der Waals surface area contributed by atoms with Crippen LogP contribution >= 0.6 is 0 Å². The molecule has 0 aromatic heterocycles. The van der Waals surface area contributed by atoms with Gasteiger partial charge in [0.05, 0.1) is 12.8 Å². The largest absolute Gasteiger partial charge is 0.495 e. The molecule has 34 heavy (non-hydrogen) atoms. The molecule has 1 saturated carbocycles. The topological polar surface area (TPSA) is 70.7 Å². The highest BCUT2D eigenvalue weighted by molar-refractivity contribution is 5.91. The normalized spacial score (nSPS) is 28.4. The molecule has 4 atom stereocenters. The molecule has 1 aliphatic carbocycles. The molecule has 3 fully saturated rings. The lowest BCUT2D eigenvalue weighted by molar-refractivity contribution is -0.138. The fourth-order valence-corrected chi connectivity index (χ4v) is 6.92. The molecule has 6 heteroatoms. The minimum absolute atomic E-state index is 0.0374.